The van der Waals surface area contributed by atoms with Crippen LogP contribution in [-0.2, 0) is 6.18 Å². The van der Waals surface area contributed by atoms with Crippen LogP contribution in [0.25, 0.3) is 10.2 Å². The number of rotatable bonds is 3. The van der Waals surface area contributed by atoms with E-state index >= 15 is 0 Å². The number of fused-ring (bicyclic) bond motifs is 1. The van der Waals surface area contributed by atoms with E-state index in [-0.39, 0.29) is 0 Å². The molecule has 0 aliphatic heterocycles. The fourth-order valence-electron chi connectivity index (χ4n) is 1.37. The fraction of sp³-hybridized carbons (Fsp3) is 0.333. The summed E-state index contributed by atoms with van der Waals surface area (Å²) in [6.45, 7) is 3.83. The first-order valence-electron chi connectivity index (χ1n) is 5.67. The molecule has 1 heterocycles. The smallest absolute Gasteiger partial charge is 0.253 e. The summed E-state index contributed by atoms with van der Waals surface area (Å²) in [4.78, 5) is 4.09. The summed E-state index contributed by atoms with van der Waals surface area (Å²) in [5.41, 5.74) is 3.29. The molecule has 1 aromatic heterocycles. The number of anilines is 1. The Kier molecular flexibility index (Phi) is 3.75. The van der Waals surface area contributed by atoms with Gasteiger partial charge >= 0.3 is 6.18 Å². The van der Waals surface area contributed by atoms with Crippen molar-refractivity contribution in [1.29, 1.82) is 0 Å². The molecule has 0 aliphatic rings. The summed E-state index contributed by atoms with van der Waals surface area (Å²) in [5, 5.41) is 4.56. The Morgan fingerprint density at radius 2 is 2.16 bits per heavy atom. The van der Waals surface area contributed by atoms with Gasteiger partial charge in [0.15, 0.2) is 0 Å². The normalized spacial score (nSPS) is 13.0. The number of hydrogen-bond acceptors (Lipinski definition) is 4. The van der Waals surface area contributed by atoms with Gasteiger partial charge in [-0.05, 0) is 31.5 Å². The lowest BCUT2D eigenvalue weighted by atomic mass is 10.2. The van der Waals surface area contributed by atoms with Gasteiger partial charge in [0.1, 0.15) is 0 Å². The molecule has 3 nitrogen and oxygen atoms in total. The molecule has 0 spiro atoms. The molecule has 0 fully saturated rings. The molecule has 0 amide bonds. The summed E-state index contributed by atoms with van der Waals surface area (Å²) in [6.07, 6.45) is -3.54. The minimum Gasteiger partial charge on any atom is -0.253 e. The van der Waals surface area contributed by atoms with Crippen LogP contribution in [-0.4, -0.2) is 10.7 Å². The van der Waals surface area contributed by atoms with Crippen molar-refractivity contribution < 1.29 is 13.2 Å². The molecule has 0 atom stereocenters. The maximum atomic E-state index is 12.6. The molecule has 1 aromatic carbocycles. The molecule has 0 saturated carbocycles. The van der Waals surface area contributed by atoms with Crippen molar-refractivity contribution in [3.05, 3.63) is 23.8 Å². The van der Waals surface area contributed by atoms with Crippen LogP contribution in [0.2, 0.25) is 0 Å². The first-order chi connectivity index (χ1) is 8.90. The van der Waals surface area contributed by atoms with E-state index in [1.807, 2.05) is 13.8 Å². The minimum atomic E-state index is -4.34. The first kappa shape index (κ1) is 13.8. The Labute approximate surface area is 112 Å². The summed E-state index contributed by atoms with van der Waals surface area (Å²) >= 11 is 1.27. The predicted molar refractivity (Wildman–Crippen MR) is 71.6 cm³/mol. The number of nitrogens with one attached hydrogen (secondary N) is 1. The van der Waals surface area contributed by atoms with Gasteiger partial charge in [0.05, 0.1) is 15.8 Å². The van der Waals surface area contributed by atoms with Crippen LogP contribution < -0.4 is 5.43 Å². The Balaban J connectivity index is 2.31. The molecule has 0 radical (unpaired) electrons. The zero-order chi connectivity index (χ0) is 14.0. The number of hydrogen-bond donors (Lipinski definition) is 1. The Hall–Kier alpha value is -1.63. The largest absolute Gasteiger partial charge is 0.416 e. The monoisotopic (exact) mass is 287 g/mol. The first-order valence-corrected chi connectivity index (χ1v) is 6.48. The van der Waals surface area contributed by atoms with Crippen LogP contribution in [0.1, 0.15) is 25.8 Å². The number of benzene rings is 1. The van der Waals surface area contributed by atoms with E-state index < -0.39 is 11.7 Å². The summed E-state index contributed by atoms with van der Waals surface area (Å²) in [6, 6.07) is 3.54. The molecule has 0 bridgehead atoms. The third-order valence-electron chi connectivity index (χ3n) is 2.57. The highest BCUT2D eigenvalue weighted by molar-refractivity contribution is 7.22. The highest BCUT2D eigenvalue weighted by Crippen LogP contribution is 2.33. The highest BCUT2D eigenvalue weighted by Gasteiger charge is 2.30. The van der Waals surface area contributed by atoms with Gasteiger partial charge in [0.2, 0.25) is 5.13 Å². The van der Waals surface area contributed by atoms with Gasteiger partial charge in [-0.15, -0.1) is 0 Å². The fourth-order valence-corrected chi connectivity index (χ4v) is 2.16. The number of alkyl halides is 3. The van der Waals surface area contributed by atoms with Crippen molar-refractivity contribution in [2.75, 3.05) is 5.43 Å². The van der Waals surface area contributed by atoms with Crippen LogP contribution in [0, 0.1) is 0 Å². The van der Waals surface area contributed by atoms with Gasteiger partial charge in [0.25, 0.3) is 0 Å². The number of aromatic nitrogens is 1. The van der Waals surface area contributed by atoms with E-state index in [1.54, 1.807) is 0 Å². The highest BCUT2D eigenvalue weighted by atomic mass is 32.1. The predicted octanol–water partition coefficient (Wildman–Crippen LogP) is 4.51. The molecule has 0 saturated heterocycles. The molecular formula is C12H12F3N3S. The van der Waals surface area contributed by atoms with Gasteiger partial charge in [0, 0.05) is 5.71 Å². The molecular weight excluding hydrogens is 275 g/mol. The number of thiazole rings is 1. The van der Waals surface area contributed by atoms with Gasteiger partial charge in [-0.2, -0.15) is 18.3 Å². The number of nitrogens with zero attached hydrogens (tertiary/aromatic N) is 2. The SMILES string of the molecule is CC/C(C)=N\Nc1nc2cc(C(F)(F)F)ccc2s1. The van der Waals surface area contributed by atoms with Crippen molar-refractivity contribution >= 4 is 32.4 Å². The zero-order valence-corrected chi connectivity index (χ0v) is 11.2. The van der Waals surface area contributed by atoms with Gasteiger partial charge in [-0.25, -0.2) is 4.98 Å². The van der Waals surface area contributed by atoms with Crippen LogP contribution in [0.4, 0.5) is 18.3 Å². The lowest BCUT2D eigenvalue weighted by Gasteiger charge is -2.04. The number of hydrazone groups is 1. The van der Waals surface area contributed by atoms with Crippen molar-refractivity contribution in [3.8, 4) is 0 Å². The summed E-state index contributed by atoms with van der Waals surface area (Å²) in [7, 11) is 0. The molecule has 19 heavy (non-hydrogen) atoms. The van der Waals surface area contributed by atoms with E-state index in [0.717, 1.165) is 24.3 Å². The van der Waals surface area contributed by atoms with E-state index in [9.17, 15) is 13.2 Å². The lowest BCUT2D eigenvalue weighted by molar-refractivity contribution is -0.137. The maximum absolute atomic E-state index is 12.6. The zero-order valence-electron chi connectivity index (χ0n) is 10.4. The third-order valence-corrected chi connectivity index (χ3v) is 3.51. The molecule has 102 valence electrons. The average Bonchev–Trinajstić information content (AvgIpc) is 2.76. The maximum Gasteiger partial charge on any atom is 0.416 e. The van der Waals surface area contributed by atoms with Crippen molar-refractivity contribution in [1.82, 2.24) is 4.98 Å². The average molecular weight is 287 g/mol. The molecule has 1 N–H and O–H groups in total. The second-order valence-electron chi connectivity index (χ2n) is 4.01. The second kappa shape index (κ2) is 5.16. The summed E-state index contributed by atoms with van der Waals surface area (Å²) in [5.74, 6) is 0. The quantitative estimate of drug-likeness (QED) is 0.666. The van der Waals surface area contributed by atoms with Gasteiger partial charge in [-0.3, -0.25) is 5.43 Å². The van der Waals surface area contributed by atoms with E-state index in [4.69, 9.17) is 0 Å². The standard InChI is InChI=1S/C12H12F3N3S/c1-3-7(2)17-18-11-16-9-6-8(12(13,14)15)4-5-10(9)19-11/h4-6H,3H2,1-2H3,(H,16,18)/b17-7-. The molecule has 2 aromatic rings. The minimum absolute atomic E-state index is 0.326. The van der Waals surface area contributed by atoms with Crippen LogP contribution in [0.15, 0.2) is 23.3 Å². The van der Waals surface area contributed by atoms with E-state index in [0.29, 0.717) is 15.3 Å². The van der Waals surface area contributed by atoms with Crippen molar-refractivity contribution in [3.63, 3.8) is 0 Å². The van der Waals surface area contributed by atoms with Crippen molar-refractivity contribution in [2.24, 2.45) is 5.10 Å². The second-order valence-corrected chi connectivity index (χ2v) is 5.04. The van der Waals surface area contributed by atoms with Crippen LogP contribution in [0.5, 0.6) is 0 Å². The van der Waals surface area contributed by atoms with E-state index in [1.165, 1.54) is 17.4 Å². The summed E-state index contributed by atoms with van der Waals surface area (Å²) < 4.78 is 38.4. The Morgan fingerprint density at radius 3 is 2.79 bits per heavy atom. The number of halogens is 3. The van der Waals surface area contributed by atoms with Gasteiger partial charge in [-0.1, -0.05) is 18.3 Å². The lowest BCUT2D eigenvalue weighted by Crippen LogP contribution is -2.03. The molecule has 0 aliphatic carbocycles. The van der Waals surface area contributed by atoms with Gasteiger partial charge < -0.3 is 0 Å². The third kappa shape index (κ3) is 3.23. The van der Waals surface area contributed by atoms with Crippen LogP contribution >= 0.6 is 11.3 Å². The Bertz CT molecular complexity index is 616. The van der Waals surface area contributed by atoms with Crippen LogP contribution in [0.3, 0.4) is 0 Å². The molecule has 0 unspecified atom stereocenters. The molecule has 2 rings (SSSR count). The van der Waals surface area contributed by atoms with Crippen molar-refractivity contribution in [2.45, 2.75) is 26.4 Å². The van der Waals surface area contributed by atoms with E-state index in [2.05, 4.69) is 15.5 Å². The Morgan fingerprint density at radius 1 is 1.42 bits per heavy atom. The topological polar surface area (TPSA) is 37.3 Å². The molecule has 7 heteroatoms.